The molecule has 0 aromatic carbocycles. The van der Waals surface area contributed by atoms with Gasteiger partial charge in [-0.05, 0) is 38.1 Å². The summed E-state index contributed by atoms with van der Waals surface area (Å²) >= 11 is 0. The predicted octanol–water partition coefficient (Wildman–Crippen LogP) is 6.32. The first kappa shape index (κ1) is 18.3. The largest absolute Gasteiger partial charge is 0.368 e. The standard InChI is InChI=1S/C18H35N/c1-3-5-7-9-11-13-15-17-19-18-16-14-12-10-8-6-4-2/h15-19H,3-14H2,1-2H3. The van der Waals surface area contributed by atoms with Crippen molar-refractivity contribution in [3.63, 3.8) is 0 Å². The fraction of sp³-hybridized carbons (Fsp3) is 0.778. The first-order valence-electron chi connectivity index (χ1n) is 8.47. The first-order valence-corrected chi connectivity index (χ1v) is 8.47. The van der Waals surface area contributed by atoms with Crippen LogP contribution in [0.25, 0.3) is 0 Å². The topological polar surface area (TPSA) is 12.0 Å². The molecule has 0 aromatic heterocycles. The van der Waals surface area contributed by atoms with E-state index in [1.54, 1.807) is 0 Å². The third-order valence-electron chi connectivity index (χ3n) is 3.38. The van der Waals surface area contributed by atoms with Gasteiger partial charge in [0.25, 0.3) is 0 Å². The van der Waals surface area contributed by atoms with Gasteiger partial charge in [-0.2, -0.15) is 0 Å². The van der Waals surface area contributed by atoms with Crippen molar-refractivity contribution in [2.75, 3.05) is 0 Å². The summed E-state index contributed by atoms with van der Waals surface area (Å²) in [5.74, 6) is 0. The molecule has 1 N–H and O–H groups in total. The van der Waals surface area contributed by atoms with E-state index in [0.29, 0.717) is 0 Å². The molecule has 0 unspecified atom stereocenters. The molecule has 19 heavy (non-hydrogen) atoms. The van der Waals surface area contributed by atoms with Gasteiger partial charge < -0.3 is 5.32 Å². The van der Waals surface area contributed by atoms with Crippen molar-refractivity contribution in [3.8, 4) is 0 Å². The molecule has 1 nitrogen and oxygen atoms in total. The van der Waals surface area contributed by atoms with E-state index in [1.165, 1.54) is 77.0 Å². The van der Waals surface area contributed by atoms with Gasteiger partial charge in [0.05, 0.1) is 0 Å². The minimum absolute atomic E-state index is 1.21. The van der Waals surface area contributed by atoms with Crippen LogP contribution >= 0.6 is 0 Å². The fourth-order valence-corrected chi connectivity index (χ4v) is 2.09. The van der Waals surface area contributed by atoms with Crippen molar-refractivity contribution in [2.45, 2.75) is 90.9 Å². The van der Waals surface area contributed by atoms with Crippen LogP contribution in [0.3, 0.4) is 0 Å². The summed E-state index contributed by atoms with van der Waals surface area (Å²) in [7, 11) is 0. The van der Waals surface area contributed by atoms with Crippen LogP contribution in [0.15, 0.2) is 24.6 Å². The van der Waals surface area contributed by atoms with Crippen LogP contribution in [-0.4, -0.2) is 0 Å². The molecule has 0 aliphatic rings. The molecule has 0 aliphatic carbocycles. The van der Waals surface area contributed by atoms with Gasteiger partial charge in [0.15, 0.2) is 0 Å². The second kappa shape index (κ2) is 17.3. The van der Waals surface area contributed by atoms with Crippen molar-refractivity contribution in [3.05, 3.63) is 24.6 Å². The summed E-state index contributed by atoms with van der Waals surface area (Å²) in [6.07, 6.45) is 24.7. The fourth-order valence-electron chi connectivity index (χ4n) is 2.09. The zero-order valence-corrected chi connectivity index (χ0v) is 13.3. The van der Waals surface area contributed by atoms with Gasteiger partial charge in [0.1, 0.15) is 0 Å². The van der Waals surface area contributed by atoms with Gasteiger partial charge >= 0.3 is 0 Å². The molecule has 0 radical (unpaired) electrons. The lowest BCUT2D eigenvalue weighted by atomic mass is 10.1. The number of hydrogen-bond donors (Lipinski definition) is 1. The normalized spacial score (nSPS) is 11.7. The van der Waals surface area contributed by atoms with Gasteiger partial charge in [0, 0.05) is 0 Å². The second-order valence-corrected chi connectivity index (χ2v) is 5.38. The third kappa shape index (κ3) is 17.3. The van der Waals surface area contributed by atoms with Crippen LogP contribution in [0.5, 0.6) is 0 Å². The Hall–Kier alpha value is -0.720. The highest BCUT2D eigenvalue weighted by molar-refractivity contribution is 4.88. The Labute approximate surface area is 121 Å². The minimum Gasteiger partial charge on any atom is -0.368 e. The van der Waals surface area contributed by atoms with Gasteiger partial charge in [-0.1, -0.05) is 77.4 Å². The van der Waals surface area contributed by atoms with Crippen LogP contribution < -0.4 is 5.32 Å². The van der Waals surface area contributed by atoms with E-state index in [-0.39, 0.29) is 0 Å². The number of allylic oxidation sites excluding steroid dienone is 2. The molecular formula is C18H35N. The van der Waals surface area contributed by atoms with Crippen LogP contribution in [0.2, 0.25) is 0 Å². The van der Waals surface area contributed by atoms with Crippen LogP contribution in [-0.2, 0) is 0 Å². The maximum absolute atomic E-state index is 3.23. The Bertz CT molecular complexity index is 184. The average molecular weight is 265 g/mol. The molecule has 0 aromatic rings. The Morgan fingerprint density at radius 3 is 1.42 bits per heavy atom. The number of nitrogens with one attached hydrogen (secondary N) is 1. The first-order chi connectivity index (χ1) is 9.41. The molecule has 0 saturated carbocycles. The maximum atomic E-state index is 3.23. The zero-order chi connectivity index (χ0) is 14.0. The lowest BCUT2D eigenvalue weighted by molar-refractivity contribution is 0.636. The molecule has 0 aliphatic heterocycles. The Kier molecular flexibility index (Phi) is 16.6. The van der Waals surface area contributed by atoms with Crippen molar-refractivity contribution >= 4 is 0 Å². The summed E-state index contributed by atoms with van der Waals surface area (Å²) < 4.78 is 0. The van der Waals surface area contributed by atoms with Crippen molar-refractivity contribution in [2.24, 2.45) is 0 Å². The minimum atomic E-state index is 1.21. The van der Waals surface area contributed by atoms with E-state index in [0.717, 1.165) is 0 Å². The maximum Gasteiger partial charge on any atom is -0.00358 e. The van der Waals surface area contributed by atoms with E-state index < -0.39 is 0 Å². The Morgan fingerprint density at radius 1 is 0.579 bits per heavy atom. The van der Waals surface area contributed by atoms with Gasteiger partial charge in [-0.3, -0.25) is 0 Å². The molecule has 1 heteroatoms. The molecule has 0 amide bonds. The highest BCUT2D eigenvalue weighted by atomic mass is 14.8. The average Bonchev–Trinajstić information content (AvgIpc) is 2.43. The molecule has 112 valence electrons. The smallest absolute Gasteiger partial charge is 0.00358 e. The molecule has 0 spiro atoms. The highest BCUT2D eigenvalue weighted by Gasteiger charge is 1.86. The van der Waals surface area contributed by atoms with Crippen LogP contribution in [0, 0.1) is 0 Å². The Balaban J connectivity index is 3.14. The second-order valence-electron chi connectivity index (χ2n) is 5.38. The number of hydrogen-bond acceptors (Lipinski definition) is 1. The van der Waals surface area contributed by atoms with Gasteiger partial charge in [-0.15, -0.1) is 0 Å². The summed E-state index contributed by atoms with van der Waals surface area (Å²) in [6.45, 7) is 4.53. The van der Waals surface area contributed by atoms with Crippen molar-refractivity contribution in [1.82, 2.24) is 5.32 Å². The summed E-state index contributed by atoms with van der Waals surface area (Å²) in [6, 6.07) is 0. The molecule has 0 rings (SSSR count). The van der Waals surface area contributed by atoms with E-state index in [1.807, 2.05) is 0 Å². The lowest BCUT2D eigenvalue weighted by Crippen LogP contribution is -1.91. The SMILES string of the molecule is CCCCCCCC=CNC=CCCCCCCC. The highest BCUT2D eigenvalue weighted by Crippen LogP contribution is 2.05. The molecule has 0 saturated heterocycles. The van der Waals surface area contributed by atoms with Crippen LogP contribution in [0.1, 0.15) is 90.9 Å². The van der Waals surface area contributed by atoms with E-state index >= 15 is 0 Å². The number of rotatable bonds is 14. The summed E-state index contributed by atoms with van der Waals surface area (Å²) in [5, 5.41) is 3.23. The lowest BCUT2D eigenvalue weighted by Gasteiger charge is -1.97. The zero-order valence-electron chi connectivity index (χ0n) is 13.3. The molecule has 0 bridgehead atoms. The van der Waals surface area contributed by atoms with Gasteiger partial charge in [-0.25, -0.2) is 0 Å². The quantitative estimate of drug-likeness (QED) is 0.362. The monoisotopic (exact) mass is 265 g/mol. The molecule has 0 atom stereocenters. The van der Waals surface area contributed by atoms with Crippen LogP contribution in [0.4, 0.5) is 0 Å². The van der Waals surface area contributed by atoms with E-state index in [9.17, 15) is 0 Å². The number of unbranched alkanes of at least 4 members (excludes halogenated alkanes) is 10. The summed E-state index contributed by atoms with van der Waals surface area (Å²) in [5.41, 5.74) is 0. The molecule has 0 heterocycles. The van der Waals surface area contributed by atoms with Crippen molar-refractivity contribution in [1.29, 1.82) is 0 Å². The van der Waals surface area contributed by atoms with E-state index in [4.69, 9.17) is 0 Å². The molecule has 0 fully saturated rings. The Morgan fingerprint density at radius 2 is 1.00 bits per heavy atom. The van der Waals surface area contributed by atoms with E-state index in [2.05, 4.69) is 43.7 Å². The summed E-state index contributed by atoms with van der Waals surface area (Å²) in [4.78, 5) is 0. The third-order valence-corrected chi connectivity index (χ3v) is 3.38. The molecular weight excluding hydrogens is 230 g/mol. The van der Waals surface area contributed by atoms with Gasteiger partial charge in [0.2, 0.25) is 0 Å². The predicted molar refractivity (Wildman–Crippen MR) is 88.2 cm³/mol. The van der Waals surface area contributed by atoms with Crippen molar-refractivity contribution < 1.29 is 0 Å².